The number of halogens is 1. The third kappa shape index (κ3) is 2.65. The largest absolute Gasteiger partial charge is 0.476 e. The third-order valence-electron chi connectivity index (χ3n) is 2.21. The second kappa shape index (κ2) is 4.26. The van der Waals surface area contributed by atoms with Crippen LogP contribution < -0.4 is 0 Å². The normalized spacial score (nSPS) is 11.6. The van der Waals surface area contributed by atoms with Gasteiger partial charge in [0.15, 0.2) is 0 Å². The Morgan fingerprint density at radius 3 is 2.13 bits per heavy atom. The number of rotatable bonds is 2. The summed E-state index contributed by atoms with van der Waals surface area (Å²) in [6.07, 6.45) is 1.06. The average molecular weight is 208 g/mol. The van der Waals surface area contributed by atoms with Gasteiger partial charge in [0, 0.05) is 0 Å². The minimum absolute atomic E-state index is 0.639. The smallest absolute Gasteiger partial charge is 0.364 e. The van der Waals surface area contributed by atoms with Crippen LogP contribution in [0.3, 0.4) is 0 Å². The van der Waals surface area contributed by atoms with Gasteiger partial charge in [0.05, 0.1) is 0 Å². The van der Waals surface area contributed by atoms with Crippen molar-refractivity contribution < 1.29 is 14.3 Å². The second-order valence-electron chi connectivity index (χ2n) is 3.61. The first kappa shape index (κ1) is 11.4. The van der Waals surface area contributed by atoms with E-state index in [-0.39, 0.29) is 0 Å². The number of hydrogen-bond donors (Lipinski definition) is 1. The number of aryl methyl sites for hydroxylation is 3. The van der Waals surface area contributed by atoms with Gasteiger partial charge in [0.1, 0.15) is 0 Å². The van der Waals surface area contributed by atoms with E-state index in [9.17, 15) is 9.18 Å². The van der Waals surface area contributed by atoms with Crippen LogP contribution in [-0.4, -0.2) is 11.1 Å². The van der Waals surface area contributed by atoms with Crippen molar-refractivity contribution in [1.82, 2.24) is 0 Å². The molecule has 0 saturated carbocycles. The molecule has 1 N–H and O–H groups in total. The van der Waals surface area contributed by atoms with Crippen molar-refractivity contribution in [1.29, 1.82) is 0 Å². The zero-order chi connectivity index (χ0) is 11.6. The quantitative estimate of drug-likeness (QED) is 0.758. The van der Waals surface area contributed by atoms with Crippen molar-refractivity contribution in [2.75, 3.05) is 0 Å². The van der Waals surface area contributed by atoms with Gasteiger partial charge in [-0.2, -0.15) is 4.39 Å². The van der Waals surface area contributed by atoms with Crippen LogP contribution in [0, 0.1) is 20.8 Å². The van der Waals surface area contributed by atoms with Crippen LogP contribution in [0.5, 0.6) is 0 Å². The SMILES string of the molecule is Cc1cc(C)c(/C=C(/F)C(=O)O)c(C)c1. The number of benzene rings is 1. The highest BCUT2D eigenvalue weighted by Gasteiger charge is 2.08. The maximum absolute atomic E-state index is 12.9. The minimum atomic E-state index is -1.53. The maximum Gasteiger partial charge on any atom is 0.364 e. The Hall–Kier alpha value is -1.64. The minimum Gasteiger partial charge on any atom is -0.476 e. The van der Waals surface area contributed by atoms with Crippen molar-refractivity contribution in [2.45, 2.75) is 20.8 Å². The summed E-state index contributed by atoms with van der Waals surface area (Å²) >= 11 is 0. The maximum atomic E-state index is 12.9. The van der Waals surface area contributed by atoms with E-state index in [1.165, 1.54) is 0 Å². The summed E-state index contributed by atoms with van der Waals surface area (Å²) in [6, 6.07) is 3.79. The average Bonchev–Trinajstić information content (AvgIpc) is 2.10. The lowest BCUT2D eigenvalue weighted by molar-refractivity contribution is -0.134. The van der Waals surface area contributed by atoms with Gasteiger partial charge in [-0.25, -0.2) is 4.79 Å². The summed E-state index contributed by atoms with van der Waals surface area (Å²) in [5, 5.41) is 8.44. The molecule has 1 aromatic rings. The Morgan fingerprint density at radius 2 is 1.73 bits per heavy atom. The van der Waals surface area contributed by atoms with Gasteiger partial charge in [-0.15, -0.1) is 0 Å². The highest BCUT2D eigenvalue weighted by atomic mass is 19.1. The molecule has 0 amide bonds. The van der Waals surface area contributed by atoms with Crippen LogP contribution in [0.25, 0.3) is 6.08 Å². The fourth-order valence-corrected chi connectivity index (χ4v) is 1.61. The zero-order valence-electron chi connectivity index (χ0n) is 8.97. The molecule has 0 aliphatic carbocycles. The molecule has 0 unspecified atom stereocenters. The molecular weight excluding hydrogens is 195 g/mol. The van der Waals surface area contributed by atoms with Crippen LogP contribution in [0.2, 0.25) is 0 Å². The first-order chi connectivity index (χ1) is 6.91. The molecule has 0 spiro atoms. The zero-order valence-corrected chi connectivity index (χ0v) is 8.97. The number of hydrogen-bond acceptors (Lipinski definition) is 1. The molecule has 0 aliphatic heterocycles. The van der Waals surface area contributed by atoms with Crippen molar-refractivity contribution in [3.63, 3.8) is 0 Å². The van der Waals surface area contributed by atoms with Gasteiger partial charge < -0.3 is 5.11 Å². The molecule has 0 atom stereocenters. The molecule has 15 heavy (non-hydrogen) atoms. The molecule has 80 valence electrons. The summed E-state index contributed by atoms with van der Waals surface area (Å²) in [4.78, 5) is 10.3. The van der Waals surface area contributed by atoms with Crippen LogP contribution in [0.15, 0.2) is 18.0 Å². The topological polar surface area (TPSA) is 37.3 Å². The monoisotopic (exact) mass is 208 g/mol. The van der Waals surface area contributed by atoms with Gasteiger partial charge >= 0.3 is 5.97 Å². The van der Waals surface area contributed by atoms with Gasteiger partial charge in [-0.3, -0.25) is 0 Å². The molecule has 0 bridgehead atoms. The number of carboxylic acids is 1. The van der Waals surface area contributed by atoms with Crippen molar-refractivity contribution >= 4 is 12.0 Å². The highest BCUT2D eigenvalue weighted by molar-refractivity contribution is 5.90. The Morgan fingerprint density at radius 1 is 1.27 bits per heavy atom. The fraction of sp³-hybridized carbons (Fsp3) is 0.250. The highest BCUT2D eigenvalue weighted by Crippen LogP contribution is 2.19. The molecule has 1 rings (SSSR count). The van der Waals surface area contributed by atoms with Crippen LogP contribution in [0.4, 0.5) is 4.39 Å². The summed E-state index contributed by atoms with van der Waals surface area (Å²) < 4.78 is 12.9. The van der Waals surface area contributed by atoms with E-state index in [2.05, 4.69) is 0 Å². The number of carboxylic acid groups (broad SMARTS) is 1. The third-order valence-corrected chi connectivity index (χ3v) is 2.21. The van der Waals surface area contributed by atoms with Crippen molar-refractivity contribution in [2.24, 2.45) is 0 Å². The lowest BCUT2D eigenvalue weighted by Crippen LogP contribution is -1.96. The van der Waals surface area contributed by atoms with Gasteiger partial charge in [-0.1, -0.05) is 17.7 Å². The molecule has 0 heterocycles. The number of aliphatic carboxylic acids is 1. The molecule has 1 aromatic carbocycles. The molecule has 2 nitrogen and oxygen atoms in total. The van der Waals surface area contributed by atoms with E-state index in [0.29, 0.717) is 5.56 Å². The molecule has 0 radical (unpaired) electrons. The molecule has 0 saturated heterocycles. The summed E-state index contributed by atoms with van der Waals surface area (Å²) in [5.74, 6) is -2.67. The Bertz CT molecular complexity index is 410. The first-order valence-corrected chi connectivity index (χ1v) is 4.60. The second-order valence-corrected chi connectivity index (χ2v) is 3.61. The van der Waals surface area contributed by atoms with Crippen LogP contribution in [0.1, 0.15) is 22.3 Å². The lowest BCUT2D eigenvalue weighted by atomic mass is 9.99. The van der Waals surface area contributed by atoms with Crippen molar-refractivity contribution in [3.8, 4) is 0 Å². The molecule has 0 aliphatic rings. The van der Waals surface area contributed by atoms with E-state index in [4.69, 9.17) is 5.11 Å². The standard InChI is InChI=1S/C12H13FO2/c1-7-4-8(2)10(9(3)5-7)6-11(13)12(14)15/h4-6H,1-3H3,(H,14,15)/b11-6+. The van der Waals surface area contributed by atoms with Gasteiger partial charge in [-0.05, 0) is 43.5 Å². The van der Waals surface area contributed by atoms with E-state index in [0.717, 1.165) is 22.8 Å². The van der Waals surface area contributed by atoms with E-state index in [1.807, 2.05) is 32.9 Å². The van der Waals surface area contributed by atoms with E-state index in [1.54, 1.807) is 0 Å². The molecular formula is C12H13FO2. The first-order valence-electron chi connectivity index (χ1n) is 4.60. The summed E-state index contributed by atoms with van der Waals surface area (Å²) in [6.45, 7) is 5.61. The van der Waals surface area contributed by atoms with Crippen LogP contribution in [-0.2, 0) is 4.79 Å². The predicted molar refractivity (Wildman–Crippen MR) is 57.4 cm³/mol. The Kier molecular flexibility index (Phi) is 3.24. The fourth-order valence-electron chi connectivity index (χ4n) is 1.61. The number of carbonyl (C=O) groups is 1. The van der Waals surface area contributed by atoms with Gasteiger partial charge in [0.2, 0.25) is 5.83 Å². The summed E-state index contributed by atoms with van der Waals surface area (Å²) in [5.41, 5.74) is 3.48. The van der Waals surface area contributed by atoms with Crippen LogP contribution >= 0.6 is 0 Å². The molecule has 3 heteroatoms. The van der Waals surface area contributed by atoms with E-state index >= 15 is 0 Å². The van der Waals surface area contributed by atoms with E-state index < -0.39 is 11.8 Å². The molecule has 0 aromatic heterocycles. The van der Waals surface area contributed by atoms with Crippen molar-refractivity contribution in [3.05, 3.63) is 40.2 Å². The Labute approximate surface area is 88.1 Å². The summed E-state index contributed by atoms with van der Waals surface area (Å²) in [7, 11) is 0. The Balaban J connectivity index is 3.27. The van der Waals surface area contributed by atoms with Gasteiger partial charge in [0.25, 0.3) is 0 Å². The lowest BCUT2D eigenvalue weighted by Gasteiger charge is -2.06. The molecule has 0 fully saturated rings. The predicted octanol–water partition coefficient (Wildman–Crippen LogP) is 3.01.